The zero-order valence-corrected chi connectivity index (χ0v) is 11.5. The quantitative estimate of drug-likeness (QED) is 0.880. The van der Waals surface area contributed by atoms with Crippen LogP contribution in [0.4, 0.5) is 10.1 Å². The lowest BCUT2D eigenvalue weighted by molar-refractivity contribution is -0.126. The van der Waals surface area contributed by atoms with E-state index in [-0.39, 0.29) is 11.7 Å². The summed E-state index contributed by atoms with van der Waals surface area (Å²) >= 11 is 0. The minimum atomic E-state index is -0.719. The fourth-order valence-corrected chi connectivity index (χ4v) is 2.59. The summed E-state index contributed by atoms with van der Waals surface area (Å²) in [7, 11) is 1.57. The standard InChI is InChI=1S/C16H15FN2O2/c1-21-11-8-6-10(7-9-11)19-15(14(18)16(19)20)12-4-2-3-5-13(12)17/h2-9,14-15H,18H2,1H3/t14-,15+/m0/s1. The van der Waals surface area contributed by atoms with Crippen molar-refractivity contribution in [2.45, 2.75) is 12.1 Å². The van der Waals surface area contributed by atoms with Gasteiger partial charge in [-0.1, -0.05) is 18.2 Å². The summed E-state index contributed by atoms with van der Waals surface area (Å²) in [5.41, 5.74) is 6.98. The van der Waals surface area contributed by atoms with E-state index in [0.29, 0.717) is 17.0 Å². The molecule has 0 aliphatic carbocycles. The molecule has 0 aromatic heterocycles. The second-order valence-electron chi connectivity index (χ2n) is 4.90. The van der Waals surface area contributed by atoms with E-state index in [1.807, 2.05) is 0 Å². The van der Waals surface area contributed by atoms with E-state index >= 15 is 0 Å². The minimum Gasteiger partial charge on any atom is -0.497 e. The van der Waals surface area contributed by atoms with Crippen molar-refractivity contribution in [1.29, 1.82) is 0 Å². The number of nitrogens with zero attached hydrogens (tertiary/aromatic N) is 1. The molecule has 1 aliphatic heterocycles. The average molecular weight is 286 g/mol. The number of nitrogens with two attached hydrogens (primary N) is 1. The molecule has 0 spiro atoms. The van der Waals surface area contributed by atoms with E-state index in [9.17, 15) is 9.18 Å². The average Bonchev–Trinajstić information content (AvgIpc) is 2.53. The maximum Gasteiger partial charge on any atom is 0.247 e. The largest absolute Gasteiger partial charge is 0.497 e. The first-order chi connectivity index (χ1) is 10.1. The molecule has 2 aromatic rings. The lowest BCUT2D eigenvalue weighted by atomic mass is 9.88. The Morgan fingerprint density at radius 1 is 1.14 bits per heavy atom. The fraction of sp³-hybridized carbons (Fsp3) is 0.188. The molecule has 1 amide bonds. The lowest BCUT2D eigenvalue weighted by Crippen LogP contribution is -2.63. The van der Waals surface area contributed by atoms with Crippen LogP contribution < -0.4 is 15.4 Å². The third-order valence-corrected chi connectivity index (χ3v) is 3.72. The zero-order valence-electron chi connectivity index (χ0n) is 11.5. The van der Waals surface area contributed by atoms with Gasteiger partial charge in [-0.15, -0.1) is 0 Å². The molecule has 5 heteroatoms. The van der Waals surface area contributed by atoms with Crippen molar-refractivity contribution in [3.05, 3.63) is 59.9 Å². The molecule has 1 aliphatic rings. The van der Waals surface area contributed by atoms with Crippen LogP contribution in [0.3, 0.4) is 0 Å². The lowest BCUT2D eigenvalue weighted by Gasteiger charge is -2.45. The van der Waals surface area contributed by atoms with Crippen LogP contribution in [0, 0.1) is 5.82 Å². The van der Waals surface area contributed by atoms with Crippen LogP contribution in [0.15, 0.2) is 48.5 Å². The topological polar surface area (TPSA) is 55.6 Å². The van der Waals surface area contributed by atoms with Gasteiger partial charge in [-0.25, -0.2) is 4.39 Å². The Labute approximate surface area is 121 Å². The summed E-state index contributed by atoms with van der Waals surface area (Å²) in [6, 6.07) is 12.2. The second-order valence-corrected chi connectivity index (χ2v) is 4.90. The van der Waals surface area contributed by atoms with Crippen LogP contribution in [0.2, 0.25) is 0 Å². The van der Waals surface area contributed by atoms with Crippen LogP contribution in [0.25, 0.3) is 0 Å². The fourth-order valence-electron chi connectivity index (χ4n) is 2.59. The number of benzene rings is 2. The van der Waals surface area contributed by atoms with Crippen molar-refractivity contribution in [3.8, 4) is 5.75 Å². The molecular weight excluding hydrogens is 271 g/mol. The molecule has 0 radical (unpaired) electrons. The number of carbonyl (C=O) groups is 1. The Balaban J connectivity index is 1.96. The zero-order chi connectivity index (χ0) is 15.0. The Hall–Kier alpha value is -2.40. The second kappa shape index (κ2) is 5.18. The normalized spacial score (nSPS) is 21.1. The van der Waals surface area contributed by atoms with Crippen LogP contribution in [-0.4, -0.2) is 19.1 Å². The van der Waals surface area contributed by atoms with E-state index in [2.05, 4.69) is 0 Å². The van der Waals surface area contributed by atoms with Gasteiger partial charge in [-0.05, 0) is 30.3 Å². The Morgan fingerprint density at radius 2 is 1.81 bits per heavy atom. The molecule has 2 N–H and O–H groups in total. The molecular formula is C16H15FN2O2. The number of hydrogen-bond acceptors (Lipinski definition) is 3. The summed E-state index contributed by atoms with van der Waals surface area (Å²) in [5, 5.41) is 0. The molecule has 3 rings (SSSR count). The Kier molecular flexibility index (Phi) is 3.35. The van der Waals surface area contributed by atoms with Gasteiger partial charge < -0.3 is 15.4 Å². The number of halogens is 1. The van der Waals surface area contributed by atoms with Crippen molar-refractivity contribution < 1.29 is 13.9 Å². The van der Waals surface area contributed by atoms with Gasteiger partial charge in [0.25, 0.3) is 0 Å². The van der Waals surface area contributed by atoms with E-state index in [1.165, 1.54) is 11.0 Å². The van der Waals surface area contributed by atoms with E-state index in [1.54, 1.807) is 49.6 Å². The number of amides is 1. The van der Waals surface area contributed by atoms with Crippen molar-refractivity contribution in [2.24, 2.45) is 5.73 Å². The van der Waals surface area contributed by atoms with Gasteiger partial charge in [0.2, 0.25) is 5.91 Å². The summed E-state index contributed by atoms with van der Waals surface area (Å²) in [6.45, 7) is 0. The van der Waals surface area contributed by atoms with Crippen LogP contribution >= 0.6 is 0 Å². The monoisotopic (exact) mass is 286 g/mol. The Morgan fingerprint density at radius 3 is 2.43 bits per heavy atom. The number of hydrogen-bond donors (Lipinski definition) is 1. The van der Waals surface area contributed by atoms with Crippen molar-refractivity contribution in [2.75, 3.05) is 12.0 Å². The van der Waals surface area contributed by atoms with Crippen LogP contribution in [0.1, 0.15) is 11.6 Å². The highest BCUT2D eigenvalue weighted by atomic mass is 19.1. The predicted molar refractivity (Wildman–Crippen MR) is 77.6 cm³/mol. The molecule has 1 saturated heterocycles. The highest BCUT2D eigenvalue weighted by Gasteiger charge is 2.47. The van der Waals surface area contributed by atoms with Gasteiger partial charge in [0.15, 0.2) is 0 Å². The smallest absolute Gasteiger partial charge is 0.247 e. The summed E-state index contributed by atoms with van der Waals surface area (Å²) in [4.78, 5) is 13.6. The first-order valence-corrected chi connectivity index (χ1v) is 6.60. The van der Waals surface area contributed by atoms with E-state index < -0.39 is 12.1 Å². The first kappa shape index (κ1) is 13.6. The van der Waals surface area contributed by atoms with Gasteiger partial charge in [0.05, 0.1) is 13.2 Å². The Bertz CT molecular complexity index is 672. The summed E-state index contributed by atoms with van der Waals surface area (Å²) in [5.74, 6) is 0.121. The molecule has 108 valence electrons. The molecule has 21 heavy (non-hydrogen) atoms. The van der Waals surface area contributed by atoms with Gasteiger partial charge >= 0.3 is 0 Å². The van der Waals surface area contributed by atoms with E-state index in [4.69, 9.17) is 10.5 Å². The van der Waals surface area contributed by atoms with Crippen molar-refractivity contribution >= 4 is 11.6 Å². The number of β-lactam (4-membered cyclic amide) rings is 1. The molecule has 0 bridgehead atoms. The maximum atomic E-state index is 14.0. The van der Waals surface area contributed by atoms with Crippen molar-refractivity contribution in [3.63, 3.8) is 0 Å². The summed E-state index contributed by atoms with van der Waals surface area (Å²) < 4.78 is 19.0. The third-order valence-electron chi connectivity index (χ3n) is 3.72. The van der Waals surface area contributed by atoms with Gasteiger partial charge in [-0.3, -0.25) is 4.79 Å². The van der Waals surface area contributed by atoms with Crippen LogP contribution in [-0.2, 0) is 4.79 Å². The van der Waals surface area contributed by atoms with Gasteiger partial charge in [-0.2, -0.15) is 0 Å². The number of carbonyl (C=O) groups excluding carboxylic acids is 1. The maximum absolute atomic E-state index is 14.0. The van der Waals surface area contributed by atoms with Gasteiger partial charge in [0.1, 0.15) is 17.6 Å². The molecule has 1 fully saturated rings. The summed E-state index contributed by atoms with van der Waals surface area (Å²) in [6.07, 6.45) is 0. The van der Waals surface area contributed by atoms with Crippen molar-refractivity contribution in [1.82, 2.24) is 0 Å². The van der Waals surface area contributed by atoms with Gasteiger partial charge in [0, 0.05) is 11.3 Å². The molecule has 4 nitrogen and oxygen atoms in total. The number of rotatable bonds is 3. The highest BCUT2D eigenvalue weighted by molar-refractivity contribution is 6.05. The SMILES string of the molecule is COc1ccc(N2C(=O)[C@@H](N)[C@H]2c2ccccc2F)cc1. The highest BCUT2D eigenvalue weighted by Crippen LogP contribution is 2.39. The molecule has 2 aromatic carbocycles. The number of ether oxygens (including phenoxy) is 1. The van der Waals surface area contributed by atoms with E-state index in [0.717, 1.165) is 0 Å². The first-order valence-electron chi connectivity index (χ1n) is 6.60. The molecule has 0 saturated carbocycles. The number of methoxy groups -OCH3 is 1. The molecule has 0 unspecified atom stereocenters. The molecule has 1 heterocycles. The minimum absolute atomic E-state index is 0.214. The molecule has 2 atom stereocenters. The predicted octanol–water partition coefficient (Wildman–Crippen LogP) is 2.25. The number of anilines is 1. The van der Waals surface area contributed by atoms with Crippen LogP contribution in [0.5, 0.6) is 5.75 Å². The third kappa shape index (κ3) is 2.15.